The molecule has 0 radical (unpaired) electrons. The summed E-state index contributed by atoms with van der Waals surface area (Å²) in [6.07, 6.45) is 6.98. The summed E-state index contributed by atoms with van der Waals surface area (Å²) in [5.74, 6) is -0.518. The number of nitrogens with zero attached hydrogens (tertiary/aromatic N) is 1. The van der Waals surface area contributed by atoms with E-state index in [2.05, 4.69) is 33.0 Å². The van der Waals surface area contributed by atoms with Gasteiger partial charge in [-0.1, -0.05) is 25.0 Å². The molecule has 3 N–H and O–H groups in total. The van der Waals surface area contributed by atoms with Crippen LogP contribution in [0.4, 0.5) is 4.79 Å². The first kappa shape index (κ1) is 27.3. The number of aliphatic hydroxyl groups is 1. The third-order valence-corrected chi connectivity index (χ3v) is 6.76. The van der Waals surface area contributed by atoms with Crippen LogP contribution in [-0.4, -0.2) is 63.5 Å². The predicted molar refractivity (Wildman–Crippen MR) is 131 cm³/mol. The molecule has 0 aromatic rings. The fraction of sp³-hybridized carbons (Fsp3) is 0.708. The first-order valence-electron chi connectivity index (χ1n) is 11.7. The van der Waals surface area contributed by atoms with Crippen molar-refractivity contribution in [2.24, 2.45) is 5.92 Å². The molecule has 9 heteroatoms. The maximum absolute atomic E-state index is 13.5. The van der Waals surface area contributed by atoms with Gasteiger partial charge in [0.2, 0.25) is 11.8 Å². The molecule has 2 aliphatic rings. The van der Waals surface area contributed by atoms with E-state index in [1.165, 1.54) is 4.90 Å². The summed E-state index contributed by atoms with van der Waals surface area (Å²) >= 11 is 0. The van der Waals surface area contributed by atoms with Gasteiger partial charge in [0, 0.05) is 18.9 Å². The van der Waals surface area contributed by atoms with Crippen molar-refractivity contribution in [1.29, 1.82) is 0 Å². The monoisotopic (exact) mass is 481 g/mol. The zero-order valence-electron chi connectivity index (χ0n) is 20.1. The molecule has 0 bridgehead atoms. The van der Waals surface area contributed by atoms with Crippen LogP contribution in [0.2, 0.25) is 0 Å². The number of hydrogen-bond donors (Lipinski definition) is 3. The summed E-state index contributed by atoms with van der Waals surface area (Å²) in [5, 5.41) is 15.5. The first-order chi connectivity index (χ1) is 15.4. The molecule has 0 spiro atoms. The Balaban J connectivity index is 2.09. The Bertz CT molecular complexity index is 753. The van der Waals surface area contributed by atoms with Crippen LogP contribution < -0.4 is 10.6 Å². The zero-order chi connectivity index (χ0) is 24.8. The Morgan fingerprint density at radius 2 is 1.97 bits per heavy atom. The van der Waals surface area contributed by atoms with Crippen LogP contribution in [0.25, 0.3) is 0 Å². The molecule has 1 aliphatic heterocycles. The van der Waals surface area contributed by atoms with E-state index in [1.807, 2.05) is 6.08 Å². The van der Waals surface area contributed by atoms with Gasteiger partial charge < -0.3 is 25.4 Å². The molecule has 33 heavy (non-hydrogen) atoms. The molecule has 1 saturated heterocycles. The second kappa shape index (κ2) is 11.5. The minimum Gasteiger partial charge on any atom is -0.444 e. The topological polar surface area (TPSA) is 108 Å². The molecule has 2 fully saturated rings. The van der Waals surface area contributed by atoms with E-state index in [-0.39, 0.29) is 30.7 Å². The lowest BCUT2D eigenvalue weighted by atomic mass is 10.1. The van der Waals surface area contributed by atoms with Crippen molar-refractivity contribution in [2.75, 3.05) is 6.54 Å². The number of ether oxygens (including phenoxy) is 1. The molecule has 8 nitrogen and oxygen atoms in total. The Hall–Kier alpha value is -1.92. The summed E-state index contributed by atoms with van der Waals surface area (Å²) in [6, 6.07) is -1.63. The minimum absolute atomic E-state index is 0.0502. The van der Waals surface area contributed by atoms with Gasteiger partial charge in [0.15, 0.2) is 0 Å². The quantitative estimate of drug-likeness (QED) is 0.239. The van der Waals surface area contributed by atoms with E-state index < -0.39 is 35.2 Å². The molecule has 0 aromatic heterocycles. The van der Waals surface area contributed by atoms with E-state index in [0.29, 0.717) is 6.42 Å². The number of carbonyl (C=O) groups excluding carboxylic acids is 3. The van der Waals surface area contributed by atoms with Crippen molar-refractivity contribution in [2.45, 2.75) is 94.8 Å². The number of amides is 3. The minimum atomic E-state index is -0.837. The normalized spacial score (nSPS) is 27.4. The van der Waals surface area contributed by atoms with Crippen LogP contribution in [0.3, 0.4) is 0 Å². The van der Waals surface area contributed by atoms with Crippen molar-refractivity contribution in [3.63, 3.8) is 0 Å². The summed E-state index contributed by atoms with van der Waals surface area (Å²) in [4.78, 5) is 40.3. The number of alkyl carbamates (subject to hydrolysis) is 1. The number of allylic oxidation sites excluding steroid dienone is 1. The van der Waals surface area contributed by atoms with Gasteiger partial charge >= 0.3 is 6.09 Å². The fourth-order valence-electron chi connectivity index (χ4n) is 4.08. The number of rotatable bonds is 11. The highest BCUT2D eigenvalue weighted by Crippen LogP contribution is 2.49. The van der Waals surface area contributed by atoms with Crippen LogP contribution in [0.15, 0.2) is 25.3 Å². The molecule has 3 amide bonds. The lowest BCUT2D eigenvalue weighted by molar-refractivity contribution is -0.140. The average molecular weight is 482 g/mol. The second-order valence-electron chi connectivity index (χ2n) is 10.1. The van der Waals surface area contributed by atoms with Crippen LogP contribution in [0.1, 0.15) is 65.7 Å². The van der Waals surface area contributed by atoms with Crippen molar-refractivity contribution in [3.8, 4) is 0 Å². The van der Waals surface area contributed by atoms with Crippen molar-refractivity contribution in [1.82, 2.24) is 15.5 Å². The molecule has 1 saturated carbocycles. The van der Waals surface area contributed by atoms with E-state index >= 15 is 0 Å². The number of nitrogens with one attached hydrogen (secondary N) is 2. The molecule has 1 aliphatic carbocycles. The number of β-amino-alcohol motifs (C(OH)–C–C–N with tert-alkyl or cyclic N) is 1. The first-order valence-corrected chi connectivity index (χ1v) is 12.3. The van der Waals surface area contributed by atoms with Crippen LogP contribution >= 0.6 is 9.24 Å². The van der Waals surface area contributed by atoms with Crippen LogP contribution in [0, 0.1) is 5.92 Å². The second-order valence-corrected chi connectivity index (χ2v) is 11.1. The molecular formula is C24H40N3O5P. The molecule has 0 aromatic carbocycles. The molecule has 1 heterocycles. The number of unbranched alkanes of at least 4 members (excludes halogenated alkanes) is 3. The SMILES string of the molecule is C=CCCCCC[C@H](NC(=O)OC(C)(C)C)C(=O)N1C[C@H](O)C[C@H]1C(=O)N[C@]1(P)C[C@H]1C=C. The Labute approximate surface area is 199 Å². The third-order valence-electron chi connectivity index (χ3n) is 5.95. The Morgan fingerprint density at radius 1 is 1.27 bits per heavy atom. The van der Waals surface area contributed by atoms with Gasteiger partial charge in [0.25, 0.3) is 0 Å². The third kappa shape index (κ3) is 8.11. The number of hydrogen-bond acceptors (Lipinski definition) is 5. The summed E-state index contributed by atoms with van der Waals surface area (Å²) in [5.41, 5.74) is -0.701. The summed E-state index contributed by atoms with van der Waals surface area (Å²) in [6.45, 7) is 12.8. The summed E-state index contributed by atoms with van der Waals surface area (Å²) in [7, 11) is 2.65. The maximum atomic E-state index is 13.5. The molecular weight excluding hydrogens is 441 g/mol. The number of aliphatic hydroxyl groups excluding tert-OH is 1. The van der Waals surface area contributed by atoms with Gasteiger partial charge in [0.05, 0.1) is 11.4 Å². The van der Waals surface area contributed by atoms with Crippen LogP contribution in [-0.2, 0) is 14.3 Å². The summed E-state index contributed by atoms with van der Waals surface area (Å²) < 4.78 is 5.34. The van der Waals surface area contributed by atoms with Gasteiger partial charge in [-0.2, -0.15) is 0 Å². The van der Waals surface area contributed by atoms with E-state index in [1.54, 1.807) is 26.8 Å². The van der Waals surface area contributed by atoms with Gasteiger partial charge in [-0.15, -0.1) is 22.4 Å². The van der Waals surface area contributed by atoms with E-state index in [0.717, 1.165) is 32.1 Å². The Kier molecular flexibility index (Phi) is 9.50. The average Bonchev–Trinajstić information content (AvgIpc) is 3.18. The predicted octanol–water partition coefficient (Wildman–Crippen LogP) is 2.87. The molecule has 2 rings (SSSR count). The highest BCUT2D eigenvalue weighted by molar-refractivity contribution is 7.19. The van der Waals surface area contributed by atoms with E-state index in [4.69, 9.17) is 4.74 Å². The van der Waals surface area contributed by atoms with Gasteiger partial charge in [0.1, 0.15) is 17.7 Å². The van der Waals surface area contributed by atoms with Crippen molar-refractivity contribution in [3.05, 3.63) is 25.3 Å². The highest BCUT2D eigenvalue weighted by Gasteiger charge is 2.52. The zero-order valence-corrected chi connectivity index (χ0v) is 21.3. The Morgan fingerprint density at radius 3 is 2.55 bits per heavy atom. The smallest absolute Gasteiger partial charge is 0.408 e. The van der Waals surface area contributed by atoms with Gasteiger partial charge in [-0.05, 0) is 46.5 Å². The molecule has 1 unspecified atom stereocenters. The highest BCUT2D eigenvalue weighted by atomic mass is 31.0. The number of likely N-dealkylation sites (tertiary alicyclic amines) is 1. The number of carbonyl (C=O) groups is 3. The van der Waals surface area contributed by atoms with Crippen molar-refractivity contribution < 1.29 is 24.2 Å². The van der Waals surface area contributed by atoms with Crippen molar-refractivity contribution >= 4 is 27.1 Å². The maximum Gasteiger partial charge on any atom is 0.408 e. The fourth-order valence-corrected chi connectivity index (χ4v) is 4.61. The molecule has 6 atom stereocenters. The lowest BCUT2D eigenvalue weighted by Crippen LogP contribution is -2.55. The standard InChI is InChI=1S/C24H40N3O5P/c1-6-8-9-10-11-12-18(25-22(31)32-23(3,4)5)21(30)27-15-17(28)13-19(27)20(29)26-24(33)14-16(24)7-2/h6-7,16-19,28H,1-2,8-15,33H2,3-5H3,(H,25,31)(H,26,29)/t16-,17-,18+,19+,24+/m1/s1. The molecule has 186 valence electrons. The van der Waals surface area contributed by atoms with Gasteiger partial charge in [-0.3, -0.25) is 9.59 Å². The lowest BCUT2D eigenvalue weighted by Gasteiger charge is -2.30. The van der Waals surface area contributed by atoms with Gasteiger partial charge in [-0.25, -0.2) is 4.79 Å². The van der Waals surface area contributed by atoms with E-state index in [9.17, 15) is 19.5 Å². The van der Waals surface area contributed by atoms with Crippen LogP contribution in [0.5, 0.6) is 0 Å². The largest absolute Gasteiger partial charge is 0.444 e.